The Labute approximate surface area is 186 Å². The minimum absolute atomic E-state index is 0.308. The second kappa shape index (κ2) is 11.9. The van der Waals surface area contributed by atoms with E-state index in [0.717, 1.165) is 45.5 Å². The van der Waals surface area contributed by atoms with Crippen molar-refractivity contribution >= 4 is 17.7 Å². The maximum atomic E-state index is 12.4. The molecule has 1 N–H and O–H groups in total. The summed E-state index contributed by atoms with van der Waals surface area (Å²) in [6, 6.07) is 6.89. The molecule has 2 fully saturated rings. The molecule has 2 atom stereocenters. The molecule has 1 heterocycles. The maximum Gasteiger partial charge on any atom is 0.414 e. The topological polar surface area (TPSA) is 50.8 Å². The van der Waals surface area contributed by atoms with Gasteiger partial charge in [0, 0.05) is 31.8 Å². The zero-order valence-electron chi connectivity index (χ0n) is 18.4. The van der Waals surface area contributed by atoms with E-state index >= 15 is 0 Å². The van der Waals surface area contributed by atoms with Crippen LogP contribution in [-0.2, 0) is 4.74 Å². The summed E-state index contributed by atoms with van der Waals surface area (Å²) in [4.78, 5) is 14.1. The molecule has 1 amide bonds. The molecule has 1 saturated carbocycles. The molecule has 1 aromatic carbocycles. The summed E-state index contributed by atoms with van der Waals surface area (Å²) in [6.07, 6.45) is 8.32. The van der Waals surface area contributed by atoms with Crippen molar-refractivity contribution in [1.82, 2.24) is 10.2 Å². The highest BCUT2D eigenvalue weighted by atomic mass is 35.5. The fourth-order valence-corrected chi connectivity index (χ4v) is 4.95. The van der Waals surface area contributed by atoms with Gasteiger partial charge in [-0.1, -0.05) is 24.9 Å². The monoisotopic (exact) mass is 436 g/mol. The van der Waals surface area contributed by atoms with Gasteiger partial charge >= 0.3 is 6.09 Å². The van der Waals surface area contributed by atoms with Crippen molar-refractivity contribution in [3.05, 3.63) is 29.3 Å². The molecule has 5 nitrogen and oxygen atoms in total. The molecule has 0 radical (unpaired) electrons. The van der Waals surface area contributed by atoms with E-state index in [1.807, 2.05) is 7.05 Å². The Morgan fingerprint density at radius 2 is 1.90 bits per heavy atom. The summed E-state index contributed by atoms with van der Waals surface area (Å²) in [5.41, 5.74) is 0. The van der Waals surface area contributed by atoms with Crippen LogP contribution in [0.2, 0.25) is 5.02 Å². The van der Waals surface area contributed by atoms with Gasteiger partial charge in [-0.25, -0.2) is 4.79 Å². The van der Waals surface area contributed by atoms with Crippen LogP contribution in [0, 0.1) is 17.8 Å². The fourth-order valence-electron chi connectivity index (χ4n) is 4.82. The number of halogens is 1. The summed E-state index contributed by atoms with van der Waals surface area (Å²) in [7, 11) is 1.82. The van der Waals surface area contributed by atoms with Gasteiger partial charge in [-0.2, -0.15) is 0 Å². The van der Waals surface area contributed by atoms with E-state index in [1.54, 1.807) is 29.2 Å². The number of amides is 1. The van der Waals surface area contributed by atoms with E-state index in [9.17, 15) is 4.79 Å². The van der Waals surface area contributed by atoms with E-state index in [4.69, 9.17) is 21.1 Å². The number of nitrogens with zero attached hydrogens (tertiary/aromatic N) is 1. The zero-order chi connectivity index (χ0) is 21.3. The number of ether oxygens (including phenoxy) is 2. The van der Waals surface area contributed by atoms with Gasteiger partial charge in [0.15, 0.2) is 0 Å². The summed E-state index contributed by atoms with van der Waals surface area (Å²) < 4.78 is 11.9. The van der Waals surface area contributed by atoms with E-state index < -0.39 is 0 Å². The third-order valence-corrected chi connectivity index (χ3v) is 6.84. The fraction of sp³-hybridized carbons (Fsp3) is 0.708. The first-order chi connectivity index (χ1) is 14.6. The summed E-state index contributed by atoms with van der Waals surface area (Å²) in [6.45, 7) is 6.06. The Hall–Kier alpha value is -1.30. The quantitative estimate of drug-likeness (QED) is 0.528. The largest absolute Gasteiger partial charge is 0.414 e. The number of rotatable bonds is 9. The van der Waals surface area contributed by atoms with Crippen LogP contribution in [-0.4, -0.2) is 50.4 Å². The molecule has 1 saturated heterocycles. The van der Waals surface area contributed by atoms with Crippen LogP contribution in [0.15, 0.2) is 24.3 Å². The molecular weight excluding hydrogens is 400 g/mol. The molecular formula is C24H37ClN2O3. The Balaban J connectivity index is 1.45. The van der Waals surface area contributed by atoms with Gasteiger partial charge in [-0.3, -0.25) is 0 Å². The molecule has 30 heavy (non-hydrogen) atoms. The molecule has 1 aromatic rings. The number of carbonyl (C=O) groups is 1. The molecule has 2 aliphatic rings. The number of unbranched alkanes of at least 4 members (excludes halogenated alkanes) is 1. The van der Waals surface area contributed by atoms with Crippen LogP contribution in [0.3, 0.4) is 0 Å². The predicted molar refractivity (Wildman–Crippen MR) is 121 cm³/mol. The highest BCUT2D eigenvalue weighted by molar-refractivity contribution is 6.30. The zero-order valence-corrected chi connectivity index (χ0v) is 19.2. The second-order valence-corrected chi connectivity index (χ2v) is 9.36. The Morgan fingerprint density at radius 3 is 2.53 bits per heavy atom. The lowest BCUT2D eigenvalue weighted by Crippen LogP contribution is -2.39. The lowest BCUT2D eigenvalue weighted by atomic mass is 9.76. The standard InChI is InChI=1S/C24H37ClN2O3/c1-3-4-15-29-23(20-13-14-26-16-20)19-7-5-18(6-8-19)17-27(2)24(28)30-22-11-9-21(25)10-12-22/h9-12,18-20,23,26H,3-8,13-17H2,1-2H3. The van der Waals surface area contributed by atoms with Crippen molar-refractivity contribution in [1.29, 1.82) is 0 Å². The van der Waals surface area contributed by atoms with Gasteiger partial charge in [-0.05, 0) is 87.1 Å². The van der Waals surface area contributed by atoms with Crippen LogP contribution in [0.5, 0.6) is 5.75 Å². The lowest BCUT2D eigenvalue weighted by molar-refractivity contribution is -0.0379. The van der Waals surface area contributed by atoms with Crippen molar-refractivity contribution < 1.29 is 14.3 Å². The van der Waals surface area contributed by atoms with E-state index in [-0.39, 0.29) is 6.09 Å². The number of nitrogens with one attached hydrogen (secondary N) is 1. The Morgan fingerprint density at radius 1 is 1.17 bits per heavy atom. The predicted octanol–water partition coefficient (Wildman–Crippen LogP) is 5.37. The molecule has 6 heteroatoms. The van der Waals surface area contributed by atoms with Gasteiger partial charge in [-0.15, -0.1) is 0 Å². The third-order valence-electron chi connectivity index (χ3n) is 6.59. The van der Waals surface area contributed by atoms with Crippen LogP contribution >= 0.6 is 11.6 Å². The van der Waals surface area contributed by atoms with Crippen molar-refractivity contribution in [2.24, 2.45) is 17.8 Å². The minimum atomic E-state index is -0.308. The summed E-state index contributed by atoms with van der Waals surface area (Å²) in [5, 5.41) is 4.14. The maximum absolute atomic E-state index is 12.4. The number of benzene rings is 1. The summed E-state index contributed by atoms with van der Waals surface area (Å²) in [5.74, 6) is 2.36. The van der Waals surface area contributed by atoms with Crippen LogP contribution in [0.1, 0.15) is 51.9 Å². The number of carbonyl (C=O) groups excluding carboxylic acids is 1. The van der Waals surface area contributed by atoms with Crippen LogP contribution in [0.25, 0.3) is 0 Å². The van der Waals surface area contributed by atoms with Gasteiger partial charge in [0.25, 0.3) is 0 Å². The summed E-state index contributed by atoms with van der Waals surface area (Å²) >= 11 is 5.89. The van der Waals surface area contributed by atoms with Crippen molar-refractivity contribution in [2.45, 2.75) is 58.0 Å². The molecule has 1 aliphatic heterocycles. The smallest absolute Gasteiger partial charge is 0.410 e. The van der Waals surface area contributed by atoms with E-state index in [1.165, 1.54) is 25.7 Å². The third kappa shape index (κ3) is 6.86. The highest BCUT2D eigenvalue weighted by Crippen LogP contribution is 2.36. The second-order valence-electron chi connectivity index (χ2n) is 8.93. The Kier molecular flexibility index (Phi) is 9.28. The number of hydrogen-bond acceptors (Lipinski definition) is 4. The first-order valence-corrected chi connectivity index (χ1v) is 12.0. The van der Waals surface area contributed by atoms with Gasteiger partial charge < -0.3 is 19.7 Å². The molecule has 3 rings (SSSR count). The average Bonchev–Trinajstić information content (AvgIpc) is 3.28. The lowest BCUT2D eigenvalue weighted by Gasteiger charge is -2.37. The Bertz CT molecular complexity index is 640. The highest BCUT2D eigenvalue weighted by Gasteiger charge is 2.35. The van der Waals surface area contributed by atoms with Crippen molar-refractivity contribution in [3.8, 4) is 5.75 Å². The van der Waals surface area contributed by atoms with Gasteiger partial charge in [0.1, 0.15) is 5.75 Å². The van der Waals surface area contributed by atoms with E-state index in [0.29, 0.717) is 34.6 Å². The van der Waals surface area contributed by atoms with Gasteiger partial charge in [0.2, 0.25) is 0 Å². The molecule has 0 aromatic heterocycles. The first kappa shape index (κ1) is 23.4. The molecule has 0 bridgehead atoms. The number of hydrogen-bond donors (Lipinski definition) is 1. The molecule has 0 spiro atoms. The molecule has 1 aliphatic carbocycles. The average molecular weight is 437 g/mol. The van der Waals surface area contributed by atoms with Crippen molar-refractivity contribution in [3.63, 3.8) is 0 Å². The van der Waals surface area contributed by atoms with Crippen LogP contribution in [0.4, 0.5) is 4.79 Å². The first-order valence-electron chi connectivity index (χ1n) is 11.6. The molecule has 2 unspecified atom stereocenters. The van der Waals surface area contributed by atoms with Gasteiger partial charge in [0.05, 0.1) is 6.10 Å². The minimum Gasteiger partial charge on any atom is -0.410 e. The van der Waals surface area contributed by atoms with Crippen molar-refractivity contribution in [2.75, 3.05) is 33.3 Å². The van der Waals surface area contributed by atoms with E-state index in [2.05, 4.69) is 12.2 Å². The van der Waals surface area contributed by atoms with Crippen LogP contribution < -0.4 is 10.1 Å². The molecule has 168 valence electrons. The SMILES string of the molecule is CCCCOC(C1CCC(CN(C)C(=O)Oc2ccc(Cl)cc2)CC1)C1CCNC1. The normalized spacial score (nSPS) is 25.1.